The molecule has 5 rings (SSSR count). The Balaban J connectivity index is 1.49. The summed E-state index contributed by atoms with van der Waals surface area (Å²) < 4.78 is 30.5. The number of halogens is 2. The molecule has 162 valence electrons. The van der Waals surface area contributed by atoms with Crippen LogP contribution in [0.15, 0.2) is 36.7 Å². The van der Waals surface area contributed by atoms with Crippen molar-refractivity contribution in [2.45, 2.75) is 50.1 Å². The molecule has 2 aliphatic rings. The summed E-state index contributed by atoms with van der Waals surface area (Å²) in [6.07, 6.45) is 10.5. The van der Waals surface area contributed by atoms with Gasteiger partial charge in [0.15, 0.2) is 5.01 Å². The molecule has 0 aliphatic heterocycles. The van der Waals surface area contributed by atoms with Gasteiger partial charge in [-0.25, -0.2) is 18.3 Å². The molecule has 2 aliphatic carbocycles. The molecular weight excluding hydrogens is 420 g/mol. The lowest BCUT2D eigenvalue weighted by Crippen LogP contribution is -2.59. The van der Waals surface area contributed by atoms with Crippen LogP contribution in [-0.4, -0.2) is 38.5 Å². The third-order valence-electron chi connectivity index (χ3n) is 5.89. The second kappa shape index (κ2) is 7.80. The third kappa shape index (κ3) is 3.99. The van der Waals surface area contributed by atoms with Crippen molar-refractivity contribution in [1.29, 1.82) is 0 Å². The lowest BCUT2D eigenvalue weighted by Gasteiger charge is -2.36. The standard InChI is InChI=1S/C22H23F2N5OS/c23-22(24)10-3-4-15(25)19(22)28-20(30)21-27-18(17(31-21)9-8-13-6-7-13)14-12-26-29-11-2-1-5-16(14)29/h1-2,5,8-9,11-13,15,19H,3-4,6-7,10,25H2,(H,28,30)/t15-,19-/m1/s1. The second-order valence-corrected chi connectivity index (χ2v) is 9.32. The highest BCUT2D eigenvalue weighted by Crippen LogP contribution is 2.36. The molecule has 0 unspecified atom stereocenters. The summed E-state index contributed by atoms with van der Waals surface area (Å²) in [5, 5.41) is 6.97. The molecule has 2 fully saturated rings. The summed E-state index contributed by atoms with van der Waals surface area (Å²) in [5.74, 6) is -3.09. The van der Waals surface area contributed by atoms with Gasteiger partial charge in [-0.15, -0.1) is 11.3 Å². The zero-order chi connectivity index (χ0) is 21.6. The second-order valence-electron chi connectivity index (χ2n) is 8.29. The van der Waals surface area contributed by atoms with Gasteiger partial charge in [-0.05, 0) is 49.8 Å². The molecule has 3 aromatic rings. The fourth-order valence-electron chi connectivity index (χ4n) is 3.99. The van der Waals surface area contributed by atoms with Gasteiger partial charge in [0.1, 0.15) is 6.04 Å². The van der Waals surface area contributed by atoms with E-state index >= 15 is 0 Å². The number of nitrogens with two attached hydrogens (primary N) is 1. The Hall–Kier alpha value is -2.65. The van der Waals surface area contributed by atoms with Gasteiger partial charge in [0.2, 0.25) is 0 Å². The largest absolute Gasteiger partial charge is 0.340 e. The van der Waals surface area contributed by atoms with Gasteiger partial charge >= 0.3 is 0 Å². The minimum absolute atomic E-state index is 0.148. The lowest BCUT2D eigenvalue weighted by atomic mass is 9.87. The summed E-state index contributed by atoms with van der Waals surface area (Å²) in [5.41, 5.74) is 8.20. The van der Waals surface area contributed by atoms with Crippen molar-refractivity contribution in [3.8, 4) is 11.3 Å². The van der Waals surface area contributed by atoms with Crippen molar-refractivity contribution in [2.75, 3.05) is 0 Å². The van der Waals surface area contributed by atoms with E-state index < -0.39 is 23.9 Å². The summed E-state index contributed by atoms with van der Waals surface area (Å²) >= 11 is 1.20. The Labute approximate surface area is 182 Å². The molecular formula is C22H23F2N5OS. The highest BCUT2D eigenvalue weighted by molar-refractivity contribution is 7.15. The fourth-order valence-corrected chi connectivity index (χ4v) is 4.88. The van der Waals surface area contributed by atoms with E-state index in [4.69, 9.17) is 5.73 Å². The maximum atomic E-state index is 14.4. The molecule has 0 bridgehead atoms. The molecule has 1 amide bonds. The lowest BCUT2D eigenvalue weighted by molar-refractivity contribution is -0.0674. The first-order chi connectivity index (χ1) is 14.9. The first-order valence-electron chi connectivity index (χ1n) is 10.5. The van der Waals surface area contributed by atoms with E-state index in [9.17, 15) is 13.6 Å². The Bertz CT molecular complexity index is 1150. The van der Waals surface area contributed by atoms with Crippen molar-refractivity contribution in [2.24, 2.45) is 11.7 Å². The molecule has 0 spiro atoms. The van der Waals surface area contributed by atoms with Crippen molar-refractivity contribution in [1.82, 2.24) is 19.9 Å². The van der Waals surface area contributed by atoms with Crippen LogP contribution in [0, 0.1) is 5.92 Å². The molecule has 3 heterocycles. The Kier molecular flexibility index (Phi) is 5.10. The number of carbonyl (C=O) groups is 1. The van der Waals surface area contributed by atoms with Gasteiger partial charge in [0.25, 0.3) is 11.8 Å². The molecule has 9 heteroatoms. The van der Waals surface area contributed by atoms with Gasteiger partial charge in [0, 0.05) is 24.2 Å². The van der Waals surface area contributed by atoms with Crippen LogP contribution >= 0.6 is 11.3 Å². The SMILES string of the molecule is N[C@@H]1CCCC(F)(F)[C@@H]1NC(=O)c1nc(-c2cnn3ccccc23)c(C=CC2CC2)s1. The molecule has 2 saturated carbocycles. The van der Waals surface area contributed by atoms with Gasteiger partial charge < -0.3 is 11.1 Å². The first-order valence-corrected chi connectivity index (χ1v) is 11.3. The van der Waals surface area contributed by atoms with Gasteiger partial charge in [-0.3, -0.25) is 4.79 Å². The monoisotopic (exact) mass is 443 g/mol. The summed E-state index contributed by atoms with van der Waals surface area (Å²) in [6.45, 7) is 0. The number of fused-ring (bicyclic) bond motifs is 1. The number of nitrogens with zero attached hydrogens (tertiary/aromatic N) is 3. The van der Waals surface area contributed by atoms with E-state index in [0.717, 1.165) is 28.8 Å². The molecule has 0 radical (unpaired) electrons. The third-order valence-corrected chi connectivity index (χ3v) is 6.91. The number of nitrogens with one attached hydrogen (secondary N) is 1. The first kappa shape index (κ1) is 20.3. The van der Waals surface area contributed by atoms with Crippen LogP contribution in [0.5, 0.6) is 0 Å². The van der Waals surface area contributed by atoms with Crippen LogP contribution in [-0.2, 0) is 0 Å². The summed E-state index contributed by atoms with van der Waals surface area (Å²) in [4.78, 5) is 18.3. The average Bonchev–Trinajstić information content (AvgIpc) is 3.32. The van der Waals surface area contributed by atoms with Crippen LogP contribution in [0.2, 0.25) is 0 Å². The van der Waals surface area contributed by atoms with Crippen molar-refractivity contribution in [3.05, 3.63) is 46.6 Å². The summed E-state index contributed by atoms with van der Waals surface area (Å²) in [6, 6.07) is 3.56. The minimum atomic E-state index is -3.02. The number of pyridine rings is 1. The van der Waals surface area contributed by atoms with Crippen LogP contribution in [0.1, 0.15) is 46.8 Å². The van der Waals surface area contributed by atoms with Gasteiger partial charge in [-0.2, -0.15) is 5.10 Å². The van der Waals surface area contributed by atoms with Gasteiger partial charge in [-0.1, -0.05) is 12.1 Å². The van der Waals surface area contributed by atoms with E-state index in [1.807, 2.05) is 30.5 Å². The van der Waals surface area contributed by atoms with Gasteiger partial charge in [0.05, 0.1) is 22.3 Å². The van der Waals surface area contributed by atoms with Crippen molar-refractivity contribution < 1.29 is 13.6 Å². The number of thiazole rings is 1. The Morgan fingerprint density at radius 3 is 2.94 bits per heavy atom. The van der Waals surface area contributed by atoms with Crippen LogP contribution in [0.4, 0.5) is 8.78 Å². The quantitative estimate of drug-likeness (QED) is 0.621. The van der Waals surface area contributed by atoms with Crippen molar-refractivity contribution >= 4 is 28.8 Å². The van der Waals surface area contributed by atoms with Crippen LogP contribution in [0.25, 0.3) is 22.9 Å². The number of amides is 1. The molecule has 2 atom stereocenters. The highest BCUT2D eigenvalue weighted by Gasteiger charge is 2.46. The maximum absolute atomic E-state index is 14.4. The fraction of sp³-hybridized carbons (Fsp3) is 0.409. The minimum Gasteiger partial charge on any atom is -0.340 e. The molecule has 0 saturated heterocycles. The number of allylic oxidation sites excluding steroid dienone is 1. The Morgan fingerprint density at radius 2 is 2.16 bits per heavy atom. The van der Waals surface area contributed by atoms with E-state index in [1.165, 1.54) is 11.3 Å². The smallest absolute Gasteiger partial charge is 0.280 e. The molecule has 3 aromatic heterocycles. The van der Waals surface area contributed by atoms with Crippen LogP contribution < -0.4 is 11.1 Å². The number of rotatable bonds is 5. The summed E-state index contributed by atoms with van der Waals surface area (Å²) in [7, 11) is 0. The van der Waals surface area contributed by atoms with E-state index in [-0.39, 0.29) is 11.4 Å². The molecule has 6 nitrogen and oxygen atoms in total. The highest BCUT2D eigenvalue weighted by atomic mass is 32.1. The number of carbonyl (C=O) groups excluding carboxylic acids is 1. The average molecular weight is 444 g/mol. The molecule has 0 aromatic carbocycles. The number of hydrogen-bond donors (Lipinski definition) is 2. The molecule has 31 heavy (non-hydrogen) atoms. The maximum Gasteiger partial charge on any atom is 0.280 e. The normalized spacial score (nSPS) is 23.5. The van der Waals surface area contributed by atoms with E-state index in [0.29, 0.717) is 24.5 Å². The predicted octanol–water partition coefficient (Wildman–Crippen LogP) is 4.13. The number of alkyl halides is 2. The predicted molar refractivity (Wildman–Crippen MR) is 116 cm³/mol. The Morgan fingerprint density at radius 1 is 1.32 bits per heavy atom. The van der Waals surface area contributed by atoms with Crippen molar-refractivity contribution in [3.63, 3.8) is 0 Å². The number of aromatic nitrogens is 3. The number of hydrogen-bond acceptors (Lipinski definition) is 5. The zero-order valence-electron chi connectivity index (χ0n) is 16.8. The van der Waals surface area contributed by atoms with E-state index in [2.05, 4.69) is 21.5 Å². The van der Waals surface area contributed by atoms with Crippen LogP contribution in [0.3, 0.4) is 0 Å². The molecule has 3 N–H and O–H groups in total. The topological polar surface area (TPSA) is 85.3 Å². The zero-order valence-corrected chi connectivity index (χ0v) is 17.6. The van der Waals surface area contributed by atoms with E-state index in [1.54, 1.807) is 10.7 Å².